The largest absolute Gasteiger partial charge is 0.348 e. The van der Waals surface area contributed by atoms with Crippen LogP contribution in [0.1, 0.15) is 43.2 Å². The first-order valence-corrected chi connectivity index (χ1v) is 10.7. The molecule has 8 heteroatoms. The molecule has 1 saturated heterocycles. The highest BCUT2D eigenvalue weighted by molar-refractivity contribution is 7.91. The monoisotopic (exact) mass is 367 g/mol. The van der Waals surface area contributed by atoms with Crippen molar-refractivity contribution in [3.63, 3.8) is 0 Å². The van der Waals surface area contributed by atoms with Gasteiger partial charge in [-0.15, -0.1) is 11.3 Å². The van der Waals surface area contributed by atoms with E-state index >= 15 is 0 Å². The Balaban J connectivity index is 1.96. The number of nitrogens with one attached hydrogen (secondary N) is 1. The van der Waals surface area contributed by atoms with Gasteiger partial charge in [-0.3, -0.25) is 9.48 Å². The smallest absolute Gasteiger partial charge is 0.272 e. The van der Waals surface area contributed by atoms with Gasteiger partial charge in [-0.2, -0.15) is 5.10 Å². The molecule has 0 bridgehead atoms. The van der Waals surface area contributed by atoms with Gasteiger partial charge in [0.05, 0.1) is 28.1 Å². The van der Waals surface area contributed by atoms with Crippen LogP contribution in [0, 0.1) is 0 Å². The van der Waals surface area contributed by atoms with Crippen LogP contribution in [0.25, 0.3) is 10.6 Å². The number of aromatic nitrogens is 2. The molecule has 2 aromatic heterocycles. The number of carbonyl (C=O) groups excluding carboxylic acids is 1. The average Bonchev–Trinajstić information content (AvgIpc) is 3.24. The van der Waals surface area contributed by atoms with Crippen molar-refractivity contribution in [2.24, 2.45) is 0 Å². The molecule has 0 aliphatic carbocycles. The highest BCUT2D eigenvalue weighted by Gasteiger charge is 2.32. The van der Waals surface area contributed by atoms with Gasteiger partial charge in [0.1, 0.15) is 0 Å². The Hall–Kier alpha value is -1.67. The Bertz CT molecular complexity index is 825. The molecule has 2 aromatic rings. The normalized spacial score (nSPS) is 20.8. The van der Waals surface area contributed by atoms with Gasteiger partial charge in [0, 0.05) is 6.04 Å². The molecule has 2 unspecified atom stereocenters. The molecule has 130 valence electrons. The molecule has 1 amide bonds. The van der Waals surface area contributed by atoms with Crippen molar-refractivity contribution in [1.82, 2.24) is 15.1 Å². The summed E-state index contributed by atoms with van der Waals surface area (Å²) in [5, 5.41) is 9.31. The van der Waals surface area contributed by atoms with Gasteiger partial charge < -0.3 is 5.32 Å². The zero-order chi connectivity index (χ0) is 17.3. The van der Waals surface area contributed by atoms with E-state index in [0.717, 1.165) is 17.0 Å². The fraction of sp³-hybridized carbons (Fsp3) is 0.500. The van der Waals surface area contributed by atoms with Gasteiger partial charge in [-0.05, 0) is 37.3 Å². The molecule has 6 nitrogen and oxygen atoms in total. The molecule has 24 heavy (non-hydrogen) atoms. The number of rotatable bonds is 5. The standard InChI is InChI=1S/C16H21N3O3S2/c1-3-11(2)17-16(20)13-9-14(15-5-4-7-23-15)19(18-13)12-6-8-24(21,22)10-12/h4-5,7,9,11-12H,3,6,8,10H2,1-2H3,(H,17,20). The van der Waals surface area contributed by atoms with Crippen LogP contribution in [0.5, 0.6) is 0 Å². The van der Waals surface area contributed by atoms with Crippen molar-refractivity contribution in [3.05, 3.63) is 29.3 Å². The number of hydrogen-bond donors (Lipinski definition) is 1. The molecule has 3 rings (SSSR count). The van der Waals surface area contributed by atoms with Crippen LogP contribution in [-0.4, -0.2) is 41.7 Å². The molecule has 0 spiro atoms. The highest BCUT2D eigenvalue weighted by atomic mass is 32.2. The van der Waals surface area contributed by atoms with E-state index in [9.17, 15) is 13.2 Å². The molecule has 1 aliphatic rings. The zero-order valence-electron chi connectivity index (χ0n) is 13.7. The highest BCUT2D eigenvalue weighted by Crippen LogP contribution is 2.32. The van der Waals surface area contributed by atoms with Crippen LogP contribution in [-0.2, 0) is 9.84 Å². The van der Waals surface area contributed by atoms with E-state index in [2.05, 4.69) is 10.4 Å². The van der Waals surface area contributed by atoms with Gasteiger partial charge in [-0.25, -0.2) is 8.42 Å². The molecule has 0 saturated carbocycles. The second-order valence-corrected chi connectivity index (χ2v) is 9.35. The lowest BCUT2D eigenvalue weighted by Gasteiger charge is -2.12. The molecule has 0 aromatic carbocycles. The van der Waals surface area contributed by atoms with Crippen LogP contribution in [0.15, 0.2) is 23.6 Å². The fourth-order valence-corrected chi connectivity index (χ4v) is 5.19. The van der Waals surface area contributed by atoms with Crippen molar-refractivity contribution in [1.29, 1.82) is 0 Å². The first-order chi connectivity index (χ1) is 11.4. The predicted molar refractivity (Wildman–Crippen MR) is 95.1 cm³/mol. The number of thiophene rings is 1. The van der Waals surface area contributed by atoms with Crippen LogP contribution in [0.2, 0.25) is 0 Å². The maximum absolute atomic E-state index is 12.4. The molecule has 3 heterocycles. The molecule has 2 atom stereocenters. The van der Waals surface area contributed by atoms with Gasteiger partial charge in [0.2, 0.25) is 0 Å². The van der Waals surface area contributed by atoms with Crippen molar-refractivity contribution in [3.8, 4) is 10.6 Å². The fourth-order valence-electron chi connectivity index (χ4n) is 2.76. The maximum Gasteiger partial charge on any atom is 0.272 e. The molecule has 1 fully saturated rings. The third kappa shape index (κ3) is 3.54. The molecule has 1 aliphatic heterocycles. The van der Waals surface area contributed by atoms with Crippen LogP contribution in [0.4, 0.5) is 0 Å². The maximum atomic E-state index is 12.4. The summed E-state index contributed by atoms with van der Waals surface area (Å²) in [6.07, 6.45) is 1.37. The minimum absolute atomic E-state index is 0.0692. The zero-order valence-corrected chi connectivity index (χ0v) is 15.4. The van der Waals surface area contributed by atoms with E-state index in [1.807, 2.05) is 31.4 Å². The van der Waals surface area contributed by atoms with E-state index in [1.165, 1.54) is 0 Å². The van der Waals surface area contributed by atoms with E-state index in [0.29, 0.717) is 12.1 Å². The Kier molecular flexibility index (Phi) is 4.78. The third-order valence-electron chi connectivity index (χ3n) is 4.29. The first-order valence-electron chi connectivity index (χ1n) is 8.04. The van der Waals surface area contributed by atoms with E-state index < -0.39 is 9.84 Å². The summed E-state index contributed by atoms with van der Waals surface area (Å²) < 4.78 is 25.4. The van der Waals surface area contributed by atoms with E-state index in [1.54, 1.807) is 22.1 Å². The average molecular weight is 367 g/mol. The summed E-state index contributed by atoms with van der Waals surface area (Å²) in [7, 11) is -3.02. The second-order valence-electron chi connectivity index (χ2n) is 6.18. The number of nitrogens with zero attached hydrogens (tertiary/aromatic N) is 2. The van der Waals surface area contributed by atoms with E-state index in [-0.39, 0.29) is 29.5 Å². The van der Waals surface area contributed by atoms with Crippen molar-refractivity contribution in [2.45, 2.75) is 38.8 Å². The summed E-state index contributed by atoms with van der Waals surface area (Å²) in [6, 6.07) is 5.51. The molecular formula is C16H21N3O3S2. The predicted octanol–water partition coefficient (Wildman–Crippen LogP) is 2.50. The SMILES string of the molecule is CCC(C)NC(=O)c1cc(-c2cccs2)n(C2CCS(=O)(=O)C2)n1. The quantitative estimate of drug-likeness (QED) is 0.880. The Morgan fingerprint density at radius 3 is 2.92 bits per heavy atom. The summed E-state index contributed by atoms with van der Waals surface area (Å²) in [6.45, 7) is 3.95. The second kappa shape index (κ2) is 6.68. The number of hydrogen-bond acceptors (Lipinski definition) is 5. The van der Waals surface area contributed by atoms with Crippen LogP contribution in [0.3, 0.4) is 0 Å². The first kappa shape index (κ1) is 17.2. The van der Waals surface area contributed by atoms with Gasteiger partial charge in [0.25, 0.3) is 5.91 Å². The summed E-state index contributed by atoms with van der Waals surface area (Å²) in [4.78, 5) is 13.4. The number of amides is 1. The van der Waals surface area contributed by atoms with Crippen molar-refractivity contribution in [2.75, 3.05) is 11.5 Å². The molecule has 0 radical (unpaired) electrons. The van der Waals surface area contributed by atoms with Crippen LogP contribution < -0.4 is 5.32 Å². The minimum Gasteiger partial charge on any atom is -0.348 e. The Morgan fingerprint density at radius 1 is 1.54 bits per heavy atom. The summed E-state index contributed by atoms with van der Waals surface area (Å²) >= 11 is 1.55. The topological polar surface area (TPSA) is 81.1 Å². The number of carbonyl (C=O) groups is 1. The lowest BCUT2D eigenvalue weighted by Crippen LogP contribution is -2.32. The van der Waals surface area contributed by atoms with Crippen molar-refractivity contribution >= 4 is 27.1 Å². The Morgan fingerprint density at radius 2 is 2.33 bits per heavy atom. The van der Waals surface area contributed by atoms with Gasteiger partial charge in [-0.1, -0.05) is 13.0 Å². The lowest BCUT2D eigenvalue weighted by molar-refractivity contribution is 0.0933. The summed E-state index contributed by atoms with van der Waals surface area (Å²) in [5.74, 6) is 0.0386. The van der Waals surface area contributed by atoms with Crippen LogP contribution >= 0.6 is 11.3 Å². The summed E-state index contributed by atoms with van der Waals surface area (Å²) in [5.41, 5.74) is 1.14. The van der Waals surface area contributed by atoms with E-state index in [4.69, 9.17) is 0 Å². The third-order valence-corrected chi connectivity index (χ3v) is 6.93. The molecular weight excluding hydrogens is 346 g/mol. The van der Waals surface area contributed by atoms with Gasteiger partial charge in [0.15, 0.2) is 15.5 Å². The number of sulfone groups is 1. The van der Waals surface area contributed by atoms with Gasteiger partial charge >= 0.3 is 0 Å². The minimum atomic E-state index is -3.02. The Labute approximate surface area is 145 Å². The molecule has 1 N–H and O–H groups in total. The lowest BCUT2D eigenvalue weighted by atomic mass is 10.2. The van der Waals surface area contributed by atoms with Crippen molar-refractivity contribution < 1.29 is 13.2 Å².